The number of hydrogen-bond acceptors (Lipinski definition) is 7. The van der Waals surface area contributed by atoms with E-state index >= 15 is 0 Å². The van der Waals surface area contributed by atoms with Gasteiger partial charge >= 0.3 is 0 Å². The van der Waals surface area contributed by atoms with Crippen LogP contribution in [0.3, 0.4) is 0 Å². The van der Waals surface area contributed by atoms with Gasteiger partial charge in [-0.1, -0.05) is 18.2 Å². The summed E-state index contributed by atoms with van der Waals surface area (Å²) in [5.41, 5.74) is 3.14. The Morgan fingerprint density at radius 1 is 1.19 bits per heavy atom. The smallest absolute Gasteiger partial charge is 0.264 e. The number of aromatic hydroxyl groups is 1. The second-order valence-electron chi connectivity index (χ2n) is 6.49. The number of amides is 1. The van der Waals surface area contributed by atoms with Crippen LogP contribution in [0.25, 0.3) is 0 Å². The highest BCUT2D eigenvalue weighted by Crippen LogP contribution is 2.26. The van der Waals surface area contributed by atoms with Crippen molar-refractivity contribution in [3.8, 4) is 11.5 Å². The summed E-state index contributed by atoms with van der Waals surface area (Å²) in [6.07, 6.45) is 4.23. The zero-order valence-electron chi connectivity index (χ0n) is 17.2. The third kappa shape index (κ3) is 5.61. The fraction of sp³-hybridized carbons (Fsp3) is 0.136. The monoisotopic (exact) mass is 454 g/mol. The molecule has 9 nitrogen and oxygen atoms in total. The number of sulfonamides is 1. The van der Waals surface area contributed by atoms with Crippen LogP contribution in [0.2, 0.25) is 0 Å². The van der Waals surface area contributed by atoms with Crippen molar-refractivity contribution in [2.75, 3.05) is 17.5 Å². The fourth-order valence-corrected chi connectivity index (χ4v) is 4.19. The van der Waals surface area contributed by atoms with Gasteiger partial charge in [-0.25, -0.2) is 13.8 Å². The number of ether oxygens (including phenoxy) is 1. The minimum absolute atomic E-state index is 0.00809. The molecule has 1 aromatic heterocycles. The number of rotatable bonds is 9. The van der Waals surface area contributed by atoms with Crippen molar-refractivity contribution in [3.05, 3.63) is 78.6 Å². The first-order chi connectivity index (χ1) is 15.4. The van der Waals surface area contributed by atoms with Crippen LogP contribution in [0.15, 0.2) is 83.1 Å². The number of hydrazone groups is 1. The first-order valence-electron chi connectivity index (χ1n) is 9.67. The van der Waals surface area contributed by atoms with Gasteiger partial charge in [0, 0.05) is 6.20 Å². The lowest BCUT2D eigenvalue weighted by Gasteiger charge is -2.23. The Morgan fingerprint density at radius 2 is 1.97 bits per heavy atom. The number of hydrogen-bond donors (Lipinski definition) is 2. The van der Waals surface area contributed by atoms with Crippen LogP contribution in [0.4, 0.5) is 5.69 Å². The molecule has 32 heavy (non-hydrogen) atoms. The number of carbonyl (C=O) groups is 1. The third-order valence-corrected chi connectivity index (χ3v) is 6.03. The second kappa shape index (κ2) is 10.4. The molecular formula is C22H22N4O5S. The van der Waals surface area contributed by atoms with Gasteiger partial charge in [0.1, 0.15) is 6.54 Å². The van der Waals surface area contributed by atoms with E-state index in [0.717, 1.165) is 4.31 Å². The molecule has 2 N–H and O–H groups in total. The molecule has 0 atom stereocenters. The summed E-state index contributed by atoms with van der Waals surface area (Å²) in [5.74, 6) is -0.362. The van der Waals surface area contributed by atoms with E-state index in [1.807, 2.05) is 0 Å². The van der Waals surface area contributed by atoms with Gasteiger partial charge in [-0.05, 0) is 55.0 Å². The molecule has 2 aromatic carbocycles. The number of phenolic OH excluding ortho intramolecular Hbond substituents is 1. The number of aromatic nitrogens is 1. The van der Waals surface area contributed by atoms with Crippen molar-refractivity contribution in [3.63, 3.8) is 0 Å². The minimum Gasteiger partial charge on any atom is -0.504 e. The highest BCUT2D eigenvalue weighted by Gasteiger charge is 2.27. The molecule has 1 amide bonds. The lowest BCUT2D eigenvalue weighted by Crippen LogP contribution is -2.39. The Balaban J connectivity index is 1.76. The van der Waals surface area contributed by atoms with Gasteiger partial charge in [-0.2, -0.15) is 5.10 Å². The summed E-state index contributed by atoms with van der Waals surface area (Å²) in [6.45, 7) is 1.67. The Bertz CT molecular complexity index is 1190. The van der Waals surface area contributed by atoms with Gasteiger partial charge < -0.3 is 9.84 Å². The van der Waals surface area contributed by atoms with E-state index in [-0.39, 0.29) is 16.3 Å². The van der Waals surface area contributed by atoms with Gasteiger partial charge in [0.25, 0.3) is 15.9 Å². The molecule has 0 spiro atoms. The molecule has 10 heteroatoms. The van der Waals surface area contributed by atoms with Crippen LogP contribution in [0.1, 0.15) is 12.5 Å². The Labute approximate surface area is 186 Å². The van der Waals surface area contributed by atoms with E-state index in [0.29, 0.717) is 17.9 Å². The van der Waals surface area contributed by atoms with E-state index in [4.69, 9.17) is 4.74 Å². The lowest BCUT2D eigenvalue weighted by atomic mass is 10.2. The summed E-state index contributed by atoms with van der Waals surface area (Å²) in [7, 11) is -4.01. The molecular weight excluding hydrogens is 432 g/mol. The third-order valence-electron chi connectivity index (χ3n) is 4.24. The SMILES string of the molecule is CCOc1cc(/C=N\NC(=O)CN(c2cccnc2)S(=O)(=O)c2ccccc2)ccc1O. The van der Waals surface area contributed by atoms with E-state index in [1.165, 1.54) is 36.8 Å². The van der Waals surface area contributed by atoms with Gasteiger partial charge in [0.2, 0.25) is 0 Å². The molecule has 166 valence electrons. The number of carbonyl (C=O) groups excluding carboxylic acids is 1. The lowest BCUT2D eigenvalue weighted by molar-refractivity contribution is -0.119. The molecule has 0 unspecified atom stereocenters. The normalized spacial score (nSPS) is 11.3. The van der Waals surface area contributed by atoms with E-state index in [2.05, 4.69) is 15.5 Å². The number of pyridine rings is 1. The molecule has 0 radical (unpaired) electrons. The molecule has 0 saturated carbocycles. The second-order valence-corrected chi connectivity index (χ2v) is 8.35. The van der Waals surface area contributed by atoms with Crippen LogP contribution in [-0.2, 0) is 14.8 Å². The first kappa shape index (κ1) is 22.8. The molecule has 3 rings (SSSR count). The minimum atomic E-state index is -4.01. The molecule has 0 aliphatic heterocycles. The van der Waals surface area contributed by atoms with E-state index < -0.39 is 22.5 Å². The van der Waals surface area contributed by atoms with Crippen LogP contribution < -0.4 is 14.5 Å². The quantitative estimate of drug-likeness (QED) is 0.379. The maximum atomic E-state index is 13.1. The van der Waals surface area contributed by atoms with Crippen LogP contribution >= 0.6 is 0 Å². The summed E-state index contributed by atoms with van der Waals surface area (Å²) >= 11 is 0. The molecule has 0 saturated heterocycles. The largest absolute Gasteiger partial charge is 0.504 e. The highest BCUT2D eigenvalue weighted by molar-refractivity contribution is 7.92. The Kier molecular flexibility index (Phi) is 7.40. The van der Waals surface area contributed by atoms with Gasteiger partial charge in [0.05, 0.1) is 29.6 Å². The van der Waals surface area contributed by atoms with Crippen molar-refractivity contribution in [2.45, 2.75) is 11.8 Å². The van der Waals surface area contributed by atoms with E-state index in [9.17, 15) is 18.3 Å². The van der Waals surface area contributed by atoms with Crippen LogP contribution in [0, 0.1) is 0 Å². The number of anilines is 1. The fourth-order valence-electron chi connectivity index (χ4n) is 2.76. The van der Waals surface area contributed by atoms with E-state index in [1.54, 1.807) is 49.4 Å². The van der Waals surface area contributed by atoms with Gasteiger partial charge in [0.15, 0.2) is 11.5 Å². The van der Waals surface area contributed by atoms with Crippen molar-refractivity contribution in [2.24, 2.45) is 5.10 Å². The van der Waals surface area contributed by atoms with Crippen LogP contribution in [0.5, 0.6) is 11.5 Å². The summed E-state index contributed by atoms with van der Waals surface area (Å²) < 4.78 is 32.5. The zero-order valence-corrected chi connectivity index (χ0v) is 18.1. The predicted molar refractivity (Wildman–Crippen MR) is 120 cm³/mol. The summed E-state index contributed by atoms with van der Waals surface area (Å²) in [6, 6.07) is 15.6. The average molecular weight is 455 g/mol. The standard InChI is InChI=1S/C22H22N4O5S/c1-2-31-21-13-17(10-11-20(21)27)14-24-25-22(28)16-26(18-7-6-12-23-15-18)32(29,30)19-8-4-3-5-9-19/h3-15,27H,2,16H2,1H3,(H,25,28)/b24-14-. The molecule has 3 aromatic rings. The summed E-state index contributed by atoms with van der Waals surface area (Å²) in [5, 5.41) is 13.6. The van der Waals surface area contributed by atoms with Crippen molar-refractivity contribution in [1.82, 2.24) is 10.4 Å². The number of phenols is 1. The highest BCUT2D eigenvalue weighted by atomic mass is 32.2. The van der Waals surface area contributed by atoms with Gasteiger partial charge in [-0.15, -0.1) is 0 Å². The molecule has 1 heterocycles. The average Bonchev–Trinajstić information content (AvgIpc) is 2.81. The van der Waals surface area contributed by atoms with Crippen LogP contribution in [-0.4, -0.2) is 43.8 Å². The molecule has 0 bridgehead atoms. The number of nitrogens with zero attached hydrogens (tertiary/aromatic N) is 3. The Morgan fingerprint density at radius 3 is 2.66 bits per heavy atom. The van der Waals surface area contributed by atoms with Gasteiger partial charge in [-0.3, -0.25) is 14.1 Å². The van der Waals surface area contributed by atoms with Crippen molar-refractivity contribution in [1.29, 1.82) is 0 Å². The maximum absolute atomic E-state index is 13.1. The van der Waals surface area contributed by atoms with Crippen molar-refractivity contribution >= 4 is 27.8 Å². The van der Waals surface area contributed by atoms with Crippen molar-refractivity contribution < 1.29 is 23.1 Å². The first-order valence-corrected chi connectivity index (χ1v) is 11.1. The molecule has 0 aliphatic carbocycles. The maximum Gasteiger partial charge on any atom is 0.264 e. The number of nitrogens with one attached hydrogen (secondary N) is 1. The predicted octanol–water partition coefficient (Wildman–Crippen LogP) is 2.53. The summed E-state index contributed by atoms with van der Waals surface area (Å²) in [4.78, 5) is 16.5. The molecule has 0 fully saturated rings. The Hall–Kier alpha value is -3.92. The number of benzene rings is 2. The zero-order chi connectivity index (χ0) is 23.0. The molecule has 0 aliphatic rings. The topological polar surface area (TPSA) is 121 Å².